The predicted molar refractivity (Wildman–Crippen MR) is 139 cm³/mol. The quantitative estimate of drug-likeness (QED) is 0.275. The lowest BCUT2D eigenvalue weighted by Crippen LogP contribution is -2.17. The van der Waals surface area contributed by atoms with Gasteiger partial charge in [0.2, 0.25) is 0 Å². The fourth-order valence-corrected chi connectivity index (χ4v) is 3.85. The van der Waals surface area contributed by atoms with Crippen LogP contribution >= 0.6 is 0 Å². The number of pyridine rings is 1. The van der Waals surface area contributed by atoms with Crippen LogP contribution in [0.15, 0.2) is 96.1 Å². The normalized spacial score (nSPS) is 10.8. The third-order valence-corrected chi connectivity index (χ3v) is 5.74. The molecule has 5 N–H and O–H groups in total. The summed E-state index contributed by atoms with van der Waals surface area (Å²) in [6.07, 6.45) is 3.10. The Bertz CT molecular complexity index is 1620. The summed E-state index contributed by atoms with van der Waals surface area (Å²) in [4.78, 5) is 44.4. The number of carbonyl (C=O) groups is 2. The van der Waals surface area contributed by atoms with Gasteiger partial charge in [-0.3, -0.25) is 19.1 Å². The molecule has 36 heavy (non-hydrogen) atoms. The van der Waals surface area contributed by atoms with Crippen LogP contribution in [0.2, 0.25) is 0 Å². The van der Waals surface area contributed by atoms with Crippen LogP contribution in [0.3, 0.4) is 0 Å². The van der Waals surface area contributed by atoms with Crippen molar-refractivity contribution in [1.82, 2.24) is 14.5 Å². The summed E-state index contributed by atoms with van der Waals surface area (Å²) < 4.78 is 1.60. The number of para-hydroxylation sites is 2. The molecule has 0 saturated carbocycles. The number of nitrogens with one attached hydrogen (secondary N) is 3. The van der Waals surface area contributed by atoms with E-state index in [4.69, 9.17) is 5.73 Å². The van der Waals surface area contributed by atoms with Crippen molar-refractivity contribution in [3.05, 3.63) is 118 Å². The molecule has 2 amide bonds. The number of aromatic nitrogens is 3. The second-order valence-corrected chi connectivity index (χ2v) is 8.18. The van der Waals surface area contributed by atoms with Crippen LogP contribution in [0.25, 0.3) is 11.0 Å². The molecule has 0 aliphatic rings. The highest BCUT2D eigenvalue weighted by Crippen LogP contribution is 2.20. The van der Waals surface area contributed by atoms with Gasteiger partial charge in [0.05, 0.1) is 29.0 Å². The monoisotopic (exact) mass is 478 g/mol. The topological polar surface area (TPSA) is 135 Å². The van der Waals surface area contributed by atoms with Gasteiger partial charge in [0.1, 0.15) is 0 Å². The van der Waals surface area contributed by atoms with Gasteiger partial charge in [-0.25, -0.2) is 4.79 Å². The van der Waals surface area contributed by atoms with E-state index in [0.29, 0.717) is 45.8 Å². The maximum absolute atomic E-state index is 12.6. The number of H-pyrrole nitrogens is 1. The van der Waals surface area contributed by atoms with E-state index < -0.39 is 0 Å². The molecule has 0 aliphatic heterocycles. The van der Waals surface area contributed by atoms with E-state index in [1.807, 2.05) is 0 Å². The van der Waals surface area contributed by atoms with Crippen LogP contribution in [0, 0.1) is 0 Å². The first kappa shape index (κ1) is 22.6. The molecule has 0 unspecified atom stereocenters. The van der Waals surface area contributed by atoms with Gasteiger partial charge in [-0.05, 0) is 60.2 Å². The molecule has 0 saturated heterocycles. The highest BCUT2D eigenvalue weighted by Gasteiger charge is 2.12. The zero-order valence-electron chi connectivity index (χ0n) is 19.1. The van der Waals surface area contributed by atoms with Crippen molar-refractivity contribution in [2.75, 3.05) is 16.4 Å². The SMILES string of the molecule is Nc1ccccc1NC(=O)c1ccc(Cn2c(=O)[nH]c3cc(NC(=O)c4ccncc4)ccc32)cc1. The molecule has 178 valence electrons. The number of benzene rings is 3. The molecular weight excluding hydrogens is 456 g/mol. The number of fused-ring (bicyclic) bond motifs is 1. The molecule has 2 heterocycles. The molecule has 9 heteroatoms. The summed E-state index contributed by atoms with van der Waals surface area (Å²) in [6.45, 7) is 0.315. The molecule has 0 radical (unpaired) electrons. The van der Waals surface area contributed by atoms with Crippen molar-refractivity contribution < 1.29 is 9.59 Å². The number of nitrogen functional groups attached to an aromatic ring is 1. The Balaban J connectivity index is 1.31. The Morgan fingerprint density at radius 3 is 2.31 bits per heavy atom. The van der Waals surface area contributed by atoms with Gasteiger partial charge < -0.3 is 21.4 Å². The van der Waals surface area contributed by atoms with Crippen LogP contribution in [0.5, 0.6) is 0 Å². The molecule has 5 rings (SSSR count). The average molecular weight is 479 g/mol. The molecule has 0 aliphatic carbocycles. The van der Waals surface area contributed by atoms with Crippen molar-refractivity contribution in [2.45, 2.75) is 6.54 Å². The molecule has 0 atom stereocenters. The van der Waals surface area contributed by atoms with Gasteiger partial charge in [-0.1, -0.05) is 24.3 Å². The van der Waals surface area contributed by atoms with E-state index in [-0.39, 0.29) is 17.5 Å². The number of rotatable bonds is 6. The largest absolute Gasteiger partial charge is 0.397 e. The summed E-state index contributed by atoms with van der Waals surface area (Å²) in [6, 6.07) is 22.6. The Hall–Kier alpha value is -5.18. The van der Waals surface area contributed by atoms with Gasteiger partial charge in [0.15, 0.2) is 0 Å². The zero-order valence-corrected chi connectivity index (χ0v) is 19.1. The molecule has 9 nitrogen and oxygen atoms in total. The molecule has 5 aromatic rings. The van der Waals surface area contributed by atoms with Gasteiger partial charge in [0, 0.05) is 29.2 Å². The summed E-state index contributed by atoms with van der Waals surface area (Å²) in [5.74, 6) is -0.539. The summed E-state index contributed by atoms with van der Waals surface area (Å²) >= 11 is 0. The minimum atomic E-state index is -0.274. The van der Waals surface area contributed by atoms with Gasteiger partial charge in [-0.15, -0.1) is 0 Å². The number of aromatic amines is 1. The first-order chi connectivity index (χ1) is 17.5. The average Bonchev–Trinajstić information content (AvgIpc) is 3.20. The Morgan fingerprint density at radius 2 is 1.56 bits per heavy atom. The zero-order chi connectivity index (χ0) is 25.1. The van der Waals surface area contributed by atoms with E-state index in [2.05, 4.69) is 20.6 Å². The minimum Gasteiger partial charge on any atom is -0.397 e. The number of nitrogens with two attached hydrogens (primary N) is 1. The van der Waals surface area contributed by atoms with E-state index in [9.17, 15) is 14.4 Å². The Kier molecular flexibility index (Phi) is 6.02. The van der Waals surface area contributed by atoms with Crippen molar-refractivity contribution >= 4 is 39.9 Å². The van der Waals surface area contributed by atoms with E-state index >= 15 is 0 Å². The third-order valence-electron chi connectivity index (χ3n) is 5.74. The van der Waals surface area contributed by atoms with Crippen LogP contribution in [0.4, 0.5) is 17.1 Å². The van der Waals surface area contributed by atoms with Crippen molar-refractivity contribution in [2.24, 2.45) is 0 Å². The summed E-state index contributed by atoms with van der Waals surface area (Å²) in [5, 5.41) is 5.62. The fraction of sp³-hybridized carbons (Fsp3) is 0.0370. The molecular formula is C27H22N6O3. The number of anilines is 3. The van der Waals surface area contributed by atoms with Crippen molar-refractivity contribution in [3.63, 3.8) is 0 Å². The molecule has 3 aromatic carbocycles. The van der Waals surface area contributed by atoms with Crippen molar-refractivity contribution in [1.29, 1.82) is 0 Å². The van der Waals surface area contributed by atoms with Crippen LogP contribution in [-0.2, 0) is 6.54 Å². The molecule has 0 bridgehead atoms. The number of hydrogen-bond acceptors (Lipinski definition) is 5. The highest BCUT2D eigenvalue weighted by atomic mass is 16.2. The Morgan fingerprint density at radius 1 is 0.861 bits per heavy atom. The first-order valence-electron chi connectivity index (χ1n) is 11.2. The summed E-state index contributed by atoms with van der Waals surface area (Å²) in [5.41, 5.74) is 10.3. The standard InChI is InChI=1S/C27H22N6O3/c28-21-3-1-2-4-22(21)31-26(35)18-7-5-17(6-8-18)16-33-24-10-9-20(15-23(24)32-27(33)36)30-25(34)19-11-13-29-14-12-19/h1-15H,16,28H2,(H,30,34)(H,31,35)(H,32,36). The lowest BCUT2D eigenvalue weighted by Gasteiger charge is -2.09. The smallest absolute Gasteiger partial charge is 0.326 e. The van der Waals surface area contributed by atoms with Gasteiger partial charge in [-0.2, -0.15) is 0 Å². The second-order valence-electron chi connectivity index (χ2n) is 8.18. The van der Waals surface area contributed by atoms with Gasteiger partial charge >= 0.3 is 5.69 Å². The number of carbonyl (C=O) groups excluding carboxylic acids is 2. The second kappa shape index (κ2) is 9.59. The van der Waals surface area contributed by atoms with Crippen LogP contribution < -0.4 is 22.1 Å². The molecule has 0 fully saturated rings. The Labute approximate surface area is 205 Å². The molecule has 2 aromatic heterocycles. The van der Waals surface area contributed by atoms with E-state index in [0.717, 1.165) is 5.56 Å². The predicted octanol–water partition coefficient (Wildman–Crippen LogP) is 3.86. The first-order valence-corrected chi connectivity index (χ1v) is 11.2. The van der Waals surface area contributed by atoms with E-state index in [1.165, 1.54) is 0 Å². The lowest BCUT2D eigenvalue weighted by atomic mass is 10.1. The third kappa shape index (κ3) is 4.71. The number of amides is 2. The maximum atomic E-state index is 12.6. The van der Waals surface area contributed by atoms with E-state index in [1.54, 1.807) is 95.8 Å². The number of imidazole rings is 1. The van der Waals surface area contributed by atoms with Crippen LogP contribution in [0.1, 0.15) is 26.3 Å². The molecule has 0 spiro atoms. The van der Waals surface area contributed by atoms with Crippen molar-refractivity contribution in [3.8, 4) is 0 Å². The lowest BCUT2D eigenvalue weighted by molar-refractivity contribution is 0.101. The maximum Gasteiger partial charge on any atom is 0.326 e. The van der Waals surface area contributed by atoms with Crippen LogP contribution in [-0.4, -0.2) is 26.3 Å². The number of nitrogens with zero attached hydrogens (tertiary/aromatic N) is 2. The fourth-order valence-electron chi connectivity index (χ4n) is 3.85. The van der Waals surface area contributed by atoms with Gasteiger partial charge in [0.25, 0.3) is 11.8 Å². The minimum absolute atomic E-state index is 0.266. The number of hydrogen-bond donors (Lipinski definition) is 4. The summed E-state index contributed by atoms with van der Waals surface area (Å²) in [7, 11) is 0. The highest BCUT2D eigenvalue weighted by molar-refractivity contribution is 6.06.